The number of likely N-dealkylation sites (tertiary alicyclic amines) is 1. The SMILES string of the molecule is CC[C@H]1Cc2cnc(NC3CCOCC3)nc2CN1C(=O)[C@H]1CCN(C)C[C@@H]1c1ccccc1. The second-order valence-corrected chi connectivity index (χ2v) is 10.1. The number of anilines is 1. The maximum atomic E-state index is 14.1. The van der Waals surface area contributed by atoms with Gasteiger partial charge in [-0.3, -0.25) is 4.79 Å². The van der Waals surface area contributed by atoms with Gasteiger partial charge in [-0.1, -0.05) is 37.3 Å². The van der Waals surface area contributed by atoms with E-state index in [1.165, 1.54) is 11.1 Å². The summed E-state index contributed by atoms with van der Waals surface area (Å²) < 4.78 is 5.47. The fraction of sp³-hybridized carbons (Fsp3) is 0.593. The molecule has 3 aliphatic rings. The Bertz CT molecular complexity index is 978. The van der Waals surface area contributed by atoms with Gasteiger partial charge in [-0.2, -0.15) is 0 Å². The average Bonchev–Trinajstić information content (AvgIpc) is 2.88. The van der Waals surface area contributed by atoms with Gasteiger partial charge in [-0.25, -0.2) is 9.97 Å². The van der Waals surface area contributed by atoms with Gasteiger partial charge in [0, 0.05) is 49.9 Å². The van der Waals surface area contributed by atoms with Crippen LogP contribution in [0.4, 0.5) is 5.95 Å². The molecule has 0 unspecified atom stereocenters. The number of nitrogens with zero attached hydrogens (tertiary/aromatic N) is 4. The number of carbonyl (C=O) groups excluding carboxylic acids is 1. The van der Waals surface area contributed by atoms with E-state index in [0.29, 0.717) is 18.5 Å². The number of hydrogen-bond acceptors (Lipinski definition) is 6. The van der Waals surface area contributed by atoms with E-state index in [4.69, 9.17) is 9.72 Å². The minimum atomic E-state index is 0.0101. The first kappa shape index (κ1) is 23.2. The normalized spacial score (nSPS) is 26.2. The predicted molar refractivity (Wildman–Crippen MR) is 133 cm³/mol. The first-order valence-electron chi connectivity index (χ1n) is 12.9. The van der Waals surface area contributed by atoms with Gasteiger partial charge < -0.3 is 19.9 Å². The van der Waals surface area contributed by atoms with Crippen molar-refractivity contribution in [3.8, 4) is 0 Å². The molecule has 7 heteroatoms. The van der Waals surface area contributed by atoms with Gasteiger partial charge in [0.05, 0.1) is 12.2 Å². The molecule has 0 spiro atoms. The molecule has 34 heavy (non-hydrogen) atoms. The van der Waals surface area contributed by atoms with Crippen LogP contribution in [-0.2, 0) is 22.5 Å². The summed E-state index contributed by atoms with van der Waals surface area (Å²) in [5.74, 6) is 1.20. The number of ether oxygens (including phenoxy) is 1. The summed E-state index contributed by atoms with van der Waals surface area (Å²) in [4.78, 5) is 28.0. The number of nitrogens with one attached hydrogen (secondary N) is 1. The number of hydrogen-bond donors (Lipinski definition) is 1. The van der Waals surface area contributed by atoms with Crippen LogP contribution in [0.3, 0.4) is 0 Å². The van der Waals surface area contributed by atoms with Gasteiger partial charge >= 0.3 is 0 Å². The number of rotatable bonds is 5. The van der Waals surface area contributed by atoms with Crippen molar-refractivity contribution in [2.45, 2.75) is 63.6 Å². The van der Waals surface area contributed by atoms with Crippen LogP contribution in [-0.4, -0.2) is 71.1 Å². The zero-order chi connectivity index (χ0) is 23.5. The summed E-state index contributed by atoms with van der Waals surface area (Å²) in [6.45, 7) is 6.20. The first-order valence-corrected chi connectivity index (χ1v) is 12.9. The molecule has 0 bridgehead atoms. The van der Waals surface area contributed by atoms with Crippen LogP contribution in [0.15, 0.2) is 36.5 Å². The minimum Gasteiger partial charge on any atom is -0.381 e. The molecule has 1 aromatic carbocycles. The molecule has 1 amide bonds. The minimum absolute atomic E-state index is 0.0101. The Labute approximate surface area is 202 Å². The Hall–Kier alpha value is -2.51. The zero-order valence-corrected chi connectivity index (χ0v) is 20.4. The number of carbonyl (C=O) groups is 1. The number of aromatic nitrogens is 2. The summed E-state index contributed by atoms with van der Waals surface area (Å²) >= 11 is 0. The van der Waals surface area contributed by atoms with Crippen LogP contribution in [0.2, 0.25) is 0 Å². The van der Waals surface area contributed by atoms with E-state index >= 15 is 0 Å². The van der Waals surface area contributed by atoms with E-state index < -0.39 is 0 Å². The van der Waals surface area contributed by atoms with Crippen molar-refractivity contribution < 1.29 is 9.53 Å². The maximum Gasteiger partial charge on any atom is 0.227 e. The summed E-state index contributed by atoms with van der Waals surface area (Å²) in [6, 6.07) is 11.1. The maximum absolute atomic E-state index is 14.1. The molecule has 0 aliphatic carbocycles. The van der Waals surface area contributed by atoms with Gasteiger partial charge in [0.2, 0.25) is 11.9 Å². The monoisotopic (exact) mass is 463 g/mol. The fourth-order valence-corrected chi connectivity index (χ4v) is 5.78. The summed E-state index contributed by atoms with van der Waals surface area (Å²) in [5.41, 5.74) is 3.44. The summed E-state index contributed by atoms with van der Waals surface area (Å²) in [6.07, 6.45) is 6.58. The fourth-order valence-electron chi connectivity index (χ4n) is 5.78. The van der Waals surface area contributed by atoms with Gasteiger partial charge in [0.25, 0.3) is 0 Å². The van der Waals surface area contributed by atoms with Crippen LogP contribution in [0.5, 0.6) is 0 Å². The van der Waals surface area contributed by atoms with Gasteiger partial charge in [0.1, 0.15) is 0 Å². The molecule has 3 atom stereocenters. The highest BCUT2D eigenvalue weighted by Crippen LogP contribution is 2.36. The number of piperidine rings is 1. The molecule has 1 N–H and O–H groups in total. The van der Waals surface area contributed by atoms with Crippen molar-refractivity contribution >= 4 is 11.9 Å². The van der Waals surface area contributed by atoms with E-state index in [-0.39, 0.29) is 23.8 Å². The lowest BCUT2D eigenvalue weighted by Crippen LogP contribution is -2.51. The molecule has 3 aliphatic heterocycles. The molecule has 182 valence electrons. The van der Waals surface area contributed by atoms with Crippen molar-refractivity contribution in [2.24, 2.45) is 5.92 Å². The second-order valence-electron chi connectivity index (χ2n) is 10.1. The van der Waals surface area contributed by atoms with Gasteiger partial charge in [-0.05, 0) is 56.8 Å². The van der Waals surface area contributed by atoms with E-state index in [1.807, 2.05) is 12.3 Å². The van der Waals surface area contributed by atoms with E-state index in [2.05, 4.69) is 58.3 Å². The lowest BCUT2D eigenvalue weighted by atomic mass is 9.79. The smallest absolute Gasteiger partial charge is 0.227 e. The molecule has 2 saturated heterocycles. The number of likely N-dealkylation sites (N-methyl/N-ethyl adjacent to an activating group) is 1. The molecule has 4 heterocycles. The first-order chi connectivity index (χ1) is 16.6. The third kappa shape index (κ3) is 4.96. The molecule has 2 aromatic rings. The number of benzene rings is 1. The van der Waals surface area contributed by atoms with Crippen molar-refractivity contribution in [1.82, 2.24) is 19.8 Å². The van der Waals surface area contributed by atoms with Crippen LogP contribution in [0, 0.1) is 5.92 Å². The average molecular weight is 464 g/mol. The Morgan fingerprint density at radius 2 is 1.97 bits per heavy atom. The highest BCUT2D eigenvalue weighted by molar-refractivity contribution is 5.81. The van der Waals surface area contributed by atoms with Crippen LogP contribution in [0.25, 0.3) is 0 Å². The predicted octanol–water partition coefficient (Wildman–Crippen LogP) is 3.47. The Kier molecular flexibility index (Phi) is 7.11. The molecular weight excluding hydrogens is 426 g/mol. The number of fused-ring (bicyclic) bond motifs is 1. The third-order valence-corrected chi connectivity index (χ3v) is 7.84. The van der Waals surface area contributed by atoms with Gasteiger partial charge in [0.15, 0.2) is 0 Å². The van der Waals surface area contributed by atoms with Crippen LogP contribution < -0.4 is 5.32 Å². The van der Waals surface area contributed by atoms with E-state index in [0.717, 1.165) is 64.1 Å². The second kappa shape index (κ2) is 10.4. The summed E-state index contributed by atoms with van der Waals surface area (Å²) in [7, 11) is 2.16. The van der Waals surface area contributed by atoms with E-state index in [1.54, 1.807) is 0 Å². The van der Waals surface area contributed by atoms with E-state index in [9.17, 15) is 4.79 Å². The lowest BCUT2D eigenvalue weighted by molar-refractivity contribution is -0.141. The third-order valence-electron chi connectivity index (χ3n) is 7.84. The Balaban J connectivity index is 1.36. The molecule has 1 aromatic heterocycles. The Morgan fingerprint density at radius 1 is 1.18 bits per heavy atom. The quantitative estimate of drug-likeness (QED) is 0.732. The topological polar surface area (TPSA) is 70.6 Å². The Morgan fingerprint density at radius 3 is 2.74 bits per heavy atom. The highest BCUT2D eigenvalue weighted by Gasteiger charge is 2.39. The summed E-state index contributed by atoms with van der Waals surface area (Å²) in [5, 5.41) is 3.49. The van der Waals surface area contributed by atoms with Gasteiger partial charge in [-0.15, -0.1) is 0 Å². The van der Waals surface area contributed by atoms with Crippen LogP contribution >= 0.6 is 0 Å². The lowest BCUT2D eigenvalue weighted by Gasteiger charge is -2.42. The van der Waals surface area contributed by atoms with Crippen molar-refractivity contribution in [3.05, 3.63) is 53.3 Å². The zero-order valence-electron chi connectivity index (χ0n) is 20.4. The number of amides is 1. The van der Waals surface area contributed by atoms with Crippen molar-refractivity contribution in [2.75, 3.05) is 38.7 Å². The molecule has 0 saturated carbocycles. The van der Waals surface area contributed by atoms with Crippen LogP contribution in [0.1, 0.15) is 55.3 Å². The molecule has 7 nitrogen and oxygen atoms in total. The molecule has 2 fully saturated rings. The molecular formula is C27H37N5O2. The van der Waals surface area contributed by atoms with Crippen molar-refractivity contribution in [3.63, 3.8) is 0 Å². The standard InChI is InChI=1S/C27H37N5O2/c1-3-22-15-20-16-28-27(29-21-10-13-34-14-11-21)30-25(20)18-32(22)26(33)23-9-12-31(2)17-24(23)19-7-5-4-6-8-19/h4-8,16,21-24H,3,9-15,17-18H2,1-2H3,(H,28,29,30)/t22-,23-,24+/m0/s1. The molecule has 5 rings (SSSR count). The largest absolute Gasteiger partial charge is 0.381 e. The highest BCUT2D eigenvalue weighted by atomic mass is 16.5. The van der Waals surface area contributed by atoms with Crippen molar-refractivity contribution in [1.29, 1.82) is 0 Å². The molecule has 0 radical (unpaired) electrons.